The summed E-state index contributed by atoms with van der Waals surface area (Å²) in [6.45, 7) is 3.85. The van der Waals surface area contributed by atoms with Crippen molar-refractivity contribution in [3.63, 3.8) is 0 Å². The van der Waals surface area contributed by atoms with Crippen LogP contribution in [0.1, 0.15) is 19.8 Å². The van der Waals surface area contributed by atoms with Crippen LogP contribution in [0.4, 0.5) is 17.6 Å². The molecule has 0 fully saturated rings. The van der Waals surface area contributed by atoms with E-state index < -0.39 is 24.7 Å². The fraction of sp³-hybridized carbons (Fsp3) is 0.857. The first-order valence-corrected chi connectivity index (χ1v) is 3.38. The molecule has 0 aromatic heterocycles. The van der Waals surface area contributed by atoms with E-state index in [4.69, 9.17) is 0 Å². The summed E-state index contributed by atoms with van der Waals surface area (Å²) < 4.78 is 49.1. The minimum Gasteiger partial charge on any atom is -0.241 e. The zero-order valence-electron chi connectivity index (χ0n) is 6.29. The van der Waals surface area contributed by atoms with Crippen molar-refractivity contribution in [2.45, 2.75) is 38.0 Å². The highest BCUT2D eigenvalue weighted by Crippen LogP contribution is 2.30. The van der Waals surface area contributed by atoms with Crippen molar-refractivity contribution in [2.75, 3.05) is 0 Å². The Kier molecular flexibility index (Phi) is 3.83. The molecule has 0 aliphatic carbocycles. The summed E-state index contributed by atoms with van der Waals surface area (Å²) in [4.78, 5) is 0. The molecule has 11 heavy (non-hydrogen) atoms. The van der Waals surface area contributed by atoms with Gasteiger partial charge in [-0.25, -0.2) is 17.6 Å². The quantitative estimate of drug-likeness (QED) is 0.570. The van der Waals surface area contributed by atoms with Gasteiger partial charge in [0.05, 0.1) is 0 Å². The average molecular weight is 171 g/mol. The van der Waals surface area contributed by atoms with Crippen molar-refractivity contribution in [3.8, 4) is 0 Å². The summed E-state index contributed by atoms with van der Waals surface area (Å²) in [5.74, 6) is -3.86. The Hall–Kier alpha value is -0.280. The molecule has 4 heteroatoms. The van der Waals surface area contributed by atoms with E-state index in [0.717, 1.165) is 0 Å². The summed E-state index contributed by atoms with van der Waals surface area (Å²) in [6, 6.07) is 0. The third kappa shape index (κ3) is 2.67. The smallest absolute Gasteiger partial charge is 0.241 e. The Balaban J connectivity index is 4.05. The van der Waals surface area contributed by atoms with Gasteiger partial charge in [0.2, 0.25) is 0 Å². The van der Waals surface area contributed by atoms with Gasteiger partial charge in [-0.1, -0.05) is 13.3 Å². The van der Waals surface area contributed by atoms with Crippen molar-refractivity contribution in [3.05, 3.63) is 6.92 Å². The minimum atomic E-state index is -3.86. The fourth-order valence-corrected chi connectivity index (χ4v) is 0.621. The van der Waals surface area contributed by atoms with E-state index in [0.29, 0.717) is 6.92 Å². The molecule has 0 saturated heterocycles. The molecule has 0 nitrogen and oxygen atoms in total. The van der Waals surface area contributed by atoms with Crippen LogP contribution in [0.3, 0.4) is 0 Å². The molecule has 0 heterocycles. The first-order chi connectivity index (χ1) is 4.92. The molecule has 0 amide bonds. The van der Waals surface area contributed by atoms with E-state index in [9.17, 15) is 17.6 Å². The molecule has 0 aromatic carbocycles. The van der Waals surface area contributed by atoms with Gasteiger partial charge in [-0.3, -0.25) is 0 Å². The number of rotatable bonds is 4. The Morgan fingerprint density at radius 3 is 2.09 bits per heavy atom. The van der Waals surface area contributed by atoms with Crippen LogP contribution in [-0.2, 0) is 0 Å². The third-order valence-electron chi connectivity index (χ3n) is 1.41. The normalized spacial score (nSPS) is 18.0. The van der Waals surface area contributed by atoms with Gasteiger partial charge >= 0.3 is 5.92 Å². The molecule has 0 aromatic rings. The van der Waals surface area contributed by atoms with E-state index in [1.807, 2.05) is 0 Å². The summed E-state index contributed by atoms with van der Waals surface area (Å²) in [7, 11) is 0. The molecule has 67 valence electrons. The molecule has 1 unspecified atom stereocenters. The maximum absolute atomic E-state index is 12.4. The summed E-state index contributed by atoms with van der Waals surface area (Å²) in [5.41, 5.74) is 0. The van der Waals surface area contributed by atoms with Gasteiger partial charge in [0.1, 0.15) is 0 Å². The van der Waals surface area contributed by atoms with E-state index in [-0.39, 0.29) is 6.42 Å². The van der Waals surface area contributed by atoms with E-state index in [2.05, 4.69) is 6.92 Å². The summed E-state index contributed by atoms with van der Waals surface area (Å²) in [6.07, 6.45) is -5.21. The van der Waals surface area contributed by atoms with Gasteiger partial charge in [-0.05, 0) is 13.3 Å². The van der Waals surface area contributed by atoms with Crippen LogP contribution in [0, 0.1) is 6.92 Å². The van der Waals surface area contributed by atoms with Crippen LogP contribution in [-0.4, -0.2) is 18.3 Å². The second kappa shape index (κ2) is 3.93. The fourth-order valence-electron chi connectivity index (χ4n) is 0.621. The average Bonchev–Trinajstić information content (AvgIpc) is 1.88. The molecule has 0 rings (SSSR count). The molecule has 0 saturated carbocycles. The number of alkyl halides is 4. The van der Waals surface area contributed by atoms with Crippen molar-refractivity contribution < 1.29 is 17.6 Å². The maximum Gasteiger partial charge on any atom is 0.308 e. The molecule has 0 aliphatic heterocycles. The first-order valence-electron chi connectivity index (χ1n) is 3.38. The zero-order chi connectivity index (χ0) is 9.07. The van der Waals surface area contributed by atoms with Gasteiger partial charge in [-0.2, -0.15) is 0 Å². The Bertz CT molecular complexity index is 111. The van der Waals surface area contributed by atoms with Crippen molar-refractivity contribution in [2.24, 2.45) is 0 Å². The maximum atomic E-state index is 12.4. The van der Waals surface area contributed by atoms with Crippen molar-refractivity contribution in [1.29, 1.82) is 0 Å². The second-order valence-corrected chi connectivity index (χ2v) is 2.40. The van der Waals surface area contributed by atoms with Crippen LogP contribution in [0.15, 0.2) is 0 Å². The van der Waals surface area contributed by atoms with Crippen LogP contribution in [0.25, 0.3) is 0 Å². The Morgan fingerprint density at radius 2 is 1.82 bits per heavy atom. The Morgan fingerprint density at radius 1 is 1.36 bits per heavy atom. The van der Waals surface area contributed by atoms with Crippen molar-refractivity contribution >= 4 is 0 Å². The predicted molar refractivity (Wildman–Crippen MR) is 35.0 cm³/mol. The minimum absolute atomic E-state index is 0.0451. The largest absolute Gasteiger partial charge is 0.308 e. The molecule has 0 N–H and O–H groups in total. The predicted octanol–water partition coefficient (Wildman–Crippen LogP) is 2.93. The van der Waals surface area contributed by atoms with Crippen LogP contribution >= 0.6 is 0 Å². The van der Waals surface area contributed by atoms with Crippen LogP contribution < -0.4 is 0 Å². The molecule has 1 radical (unpaired) electrons. The molecular weight excluding hydrogens is 160 g/mol. The van der Waals surface area contributed by atoms with Crippen LogP contribution in [0.5, 0.6) is 0 Å². The topological polar surface area (TPSA) is 0 Å². The lowest BCUT2D eigenvalue weighted by molar-refractivity contribution is -0.123. The molecule has 2 atom stereocenters. The van der Waals surface area contributed by atoms with E-state index in [1.165, 1.54) is 0 Å². The van der Waals surface area contributed by atoms with Gasteiger partial charge in [0.15, 0.2) is 12.3 Å². The lowest BCUT2D eigenvalue weighted by Crippen LogP contribution is -2.38. The number of hydrogen-bond acceptors (Lipinski definition) is 0. The van der Waals surface area contributed by atoms with Gasteiger partial charge in [-0.15, -0.1) is 0 Å². The standard InChI is InChI=1S/C7H11F4/c1-3-4-6(9)7(10,11)5(2)8/h5-6H,1,3-4H2,2H3/t5?,6-/m0/s1. The molecule has 0 spiro atoms. The Labute approximate surface area is 63.6 Å². The monoisotopic (exact) mass is 171 g/mol. The van der Waals surface area contributed by atoms with E-state index >= 15 is 0 Å². The number of halogens is 4. The second-order valence-electron chi connectivity index (χ2n) is 2.40. The lowest BCUT2D eigenvalue weighted by Gasteiger charge is -2.21. The van der Waals surface area contributed by atoms with Gasteiger partial charge in [0.25, 0.3) is 0 Å². The van der Waals surface area contributed by atoms with E-state index in [1.54, 1.807) is 0 Å². The van der Waals surface area contributed by atoms with Gasteiger partial charge < -0.3 is 0 Å². The van der Waals surface area contributed by atoms with Crippen LogP contribution in [0.2, 0.25) is 0 Å². The zero-order valence-corrected chi connectivity index (χ0v) is 6.29. The lowest BCUT2D eigenvalue weighted by atomic mass is 10.1. The van der Waals surface area contributed by atoms with Gasteiger partial charge in [0, 0.05) is 0 Å². The summed E-state index contributed by atoms with van der Waals surface area (Å²) >= 11 is 0. The molecule has 0 aliphatic rings. The summed E-state index contributed by atoms with van der Waals surface area (Å²) in [5, 5.41) is 0. The van der Waals surface area contributed by atoms with Crippen molar-refractivity contribution in [1.82, 2.24) is 0 Å². The highest BCUT2D eigenvalue weighted by atomic mass is 19.3. The molecular formula is C7H11F4. The first kappa shape index (κ1) is 10.7. The SMILES string of the molecule is [CH2]CC[C@H](F)C(F)(F)C(C)F. The highest BCUT2D eigenvalue weighted by Gasteiger charge is 2.45. The highest BCUT2D eigenvalue weighted by molar-refractivity contribution is 4.82. The third-order valence-corrected chi connectivity index (χ3v) is 1.41. The molecule has 0 bridgehead atoms. The number of hydrogen-bond donors (Lipinski definition) is 0.